The second kappa shape index (κ2) is 6.77. The number of nitrogens with one attached hydrogen (secondary N) is 1. The summed E-state index contributed by atoms with van der Waals surface area (Å²) in [4.78, 5) is 11.9. The fourth-order valence-corrected chi connectivity index (χ4v) is 2.92. The average Bonchev–Trinajstić information content (AvgIpc) is 2.28. The van der Waals surface area contributed by atoms with Gasteiger partial charge in [0.1, 0.15) is 0 Å². The standard InChI is InChI=1S/C14H26BrNO/c1-14(2,3)12-7-5-11(6-8-12)13(17)16-10-4-9-15/h11-12H,4-10H2,1-3H3,(H,16,17). The first-order chi connectivity index (χ1) is 7.95. The molecule has 1 aliphatic rings. The van der Waals surface area contributed by atoms with E-state index in [2.05, 4.69) is 42.0 Å². The lowest BCUT2D eigenvalue weighted by atomic mass is 9.69. The van der Waals surface area contributed by atoms with Gasteiger partial charge in [-0.15, -0.1) is 0 Å². The first-order valence-electron chi connectivity index (χ1n) is 6.79. The van der Waals surface area contributed by atoms with Crippen molar-refractivity contribution < 1.29 is 4.79 Å². The molecule has 0 saturated heterocycles. The molecule has 0 bridgehead atoms. The van der Waals surface area contributed by atoms with Crippen LogP contribution in [-0.2, 0) is 4.79 Å². The van der Waals surface area contributed by atoms with Gasteiger partial charge < -0.3 is 5.32 Å². The second-order valence-electron chi connectivity index (χ2n) is 6.25. The Labute approximate surface area is 114 Å². The molecular formula is C14H26BrNO. The molecule has 0 aromatic rings. The number of alkyl halides is 1. The highest BCUT2D eigenvalue weighted by Crippen LogP contribution is 2.39. The second-order valence-corrected chi connectivity index (χ2v) is 7.04. The number of carbonyl (C=O) groups is 1. The predicted octanol–water partition coefficient (Wildman–Crippen LogP) is 3.74. The third-order valence-electron chi connectivity index (χ3n) is 3.93. The summed E-state index contributed by atoms with van der Waals surface area (Å²) in [6.07, 6.45) is 5.58. The van der Waals surface area contributed by atoms with Gasteiger partial charge in [-0.2, -0.15) is 0 Å². The number of amides is 1. The van der Waals surface area contributed by atoms with Crippen molar-refractivity contribution >= 4 is 21.8 Å². The molecule has 1 N–H and O–H groups in total. The maximum absolute atomic E-state index is 11.9. The molecule has 1 fully saturated rings. The first-order valence-corrected chi connectivity index (χ1v) is 7.91. The summed E-state index contributed by atoms with van der Waals surface area (Å²) < 4.78 is 0. The van der Waals surface area contributed by atoms with Gasteiger partial charge in [0.25, 0.3) is 0 Å². The molecule has 1 rings (SSSR count). The minimum absolute atomic E-state index is 0.268. The molecule has 0 spiro atoms. The molecule has 0 unspecified atom stereocenters. The molecule has 0 radical (unpaired) electrons. The van der Waals surface area contributed by atoms with Gasteiger partial charge in [0.2, 0.25) is 5.91 Å². The quantitative estimate of drug-likeness (QED) is 0.622. The molecule has 0 heterocycles. The molecule has 17 heavy (non-hydrogen) atoms. The topological polar surface area (TPSA) is 29.1 Å². The molecule has 0 aromatic carbocycles. The van der Waals surface area contributed by atoms with Crippen LogP contribution in [0.4, 0.5) is 0 Å². The molecular weight excluding hydrogens is 278 g/mol. The van der Waals surface area contributed by atoms with Gasteiger partial charge in [0, 0.05) is 17.8 Å². The normalized spacial score (nSPS) is 25.6. The maximum Gasteiger partial charge on any atom is 0.223 e. The Morgan fingerprint density at radius 1 is 1.24 bits per heavy atom. The Hall–Kier alpha value is -0.0500. The van der Waals surface area contributed by atoms with E-state index in [9.17, 15) is 4.79 Å². The van der Waals surface area contributed by atoms with Gasteiger partial charge in [0.05, 0.1) is 0 Å². The van der Waals surface area contributed by atoms with E-state index in [4.69, 9.17) is 0 Å². The molecule has 0 aromatic heterocycles. The summed E-state index contributed by atoms with van der Waals surface area (Å²) in [5.41, 5.74) is 0.400. The lowest BCUT2D eigenvalue weighted by Gasteiger charge is -2.36. The van der Waals surface area contributed by atoms with E-state index in [1.165, 1.54) is 12.8 Å². The minimum atomic E-state index is 0.268. The average molecular weight is 304 g/mol. The number of hydrogen-bond acceptors (Lipinski definition) is 1. The molecule has 1 saturated carbocycles. The zero-order chi connectivity index (χ0) is 12.9. The van der Waals surface area contributed by atoms with Crippen LogP contribution in [0.1, 0.15) is 52.9 Å². The smallest absolute Gasteiger partial charge is 0.223 e. The van der Waals surface area contributed by atoms with Crippen LogP contribution in [0, 0.1) is 17.3 Å². The van der Waals surface area contributed by atoms with Crippen molar-refractivity contribution in [3.63, 3.8) is 0 Å². The number of carbonyl (C=O) groups excluding carboxylic acids is 1. The van der Waals surface area contributed by atoms with Gasteiger partial charge in [-0.1, -0.05) is 36.7 Å². The van der Waals surface area contributed by atoms with Crippen molar-refractivity contribution in [3.05, 3.63) is 0 Å². The monoisotopic (exact) mass is 303 g/mol. The van der Waals surface area contributed by atoms with Crippen molar-refractivity contribution in [1.29, 1.82) is 0 Å². The van der Waals surface area contributed by atoms with Gasteiger partial charge in [-0.05, 0) is 43.4 Å². The van der Waals surface area contributed by atoms with Gasteiger partial charge in [-0.25, -0.2) is 0 Å². The van der Waals surface area contributed by atoms with E-state index in [1.54, 1.807) is 0 Å². The molecule has 1 aliphatic carbocycles. The van der Waals surface area contributed by atoms with Crippen LogP contribution in [0.25, 0.3) is 0 Å². The summed E-state index contributed by atoms with van der Waals surface area (Å²) in [5.74, 6) is 1.33. The Morgan fingerprint density at radius 3 is 2.29 bits per heavy atom. The lowest BCUT2D eigenvalue weighted by molar-refractivity contribution is -0.126. The van der Waals surface area contributed by atoms with Crippen LogP contribution in [0.5, 0.6) is 0 Å². The van der Waals surface area contributed by atoms with E-state index in [-0.39, 0.29) is 11.8 Å². The summed E-state index contributed by atoms with van der Waals surface area (Å²) in [5, 5.41) is 4.00. The molecule has 1 amide bonds. The SMILES string of the molecule is CC(C)(C)C1CCC(C(=O)NCCCBr)CC1. The number of hydrogen-bond donors (Lipinski definition) is 1. The van der Waals surface area contributed by atoms with E-state index >= 15 is 0 Å². The maximum atomic E-state index is 11.9. The van der Waals surface area contributed by atoms with Crippen molar-refractivity contribution in [2.45, 2.75) is 52.9 Å². The summed E-state index contributed by atoms with van der Waals surface area (Å²) in [7, 11) is 0. The Bertz CT molecular complexity index is 239. The lowest BCUT2D eigenvalue weighted by Crippen LogP contribution is -2.35. The zero-order valence-corrected chi connectivity index (χ0v) is 13.0. The van der Waals surface area contributed by atoms with Crippen LogP contribution in [0.15, 0.2) is 0 Å². The Morgan fingerprint density at radius 2 is 1.82 bits per heavy atom. The molecule has 0 atom stereocenters. The third kappa shape index (κ3) is 4.99. The Kier molecular flexibility index (Phi) is 5.98. The third-order valence-corrected chi connectivity index (χ3v) is 4.49. The first kappa shape index (κ1) is 15.0. The highest BCUT2D eigenvalue weighted by molar-refractivity contribution is 9.09. The predicted molar refractivity (Wildman–Crippen MR) is 76.3 cm³/mol. The van der Waals surface area contributed by atoms with Crippen LogP contribution in [0.2, 0.25) is 0 Å². The van der Waals surface area contributed by atoms with Crippen LogP contribution < -0.4 is 5.32 Å². The van der Waals surface area contributed by atoms with Gasteiger partial charge in [-0.3, -0.25) is 4.79 Å². The highest BCUT2D eigenvalue weighted by Gasteiger charge is 2.32. The van der Waals surface area contributed by atoms with Gasteiger partial charge >= 0.3 is 0 Å². The summed E-state index contributed by atoms with van der Waals surface area (Å²) in [6, 6.07) is 0. The fraction of sp³-hybridized carbons (Fsp3) is 0.929. The molecule has 100 valence electrons. The number of rotatable bonds is 4. The van der Waals surface area contributed by atoms with Crippen molar-refractivity contribution in [2.75, 3.05) is 11.9 Å². The van der Waals surface area contributed by atoms with Crippen molar-refractivity contribution in [1.82, 2.24) is 5.32 Å². The summed E-state index contributed by atoms with van der Waals surface area (Å²) >= 11 is 3.37. The van der Waals surface area contributed by atoms with E-state index < -0.39 is 0 Å². The highest BCUT2D eigenvalue weighted by atomic mass is 79.9. The Balaban J connectivity index is 2.29. The van der Waals surface area contributed by atoms with E-state index in [0.29, 0.717) is 5.41 Å². The van der Waals surface area contributed by atoms with E-state index in [1.807, 2.05) is 0 Å². The van der Waals surface area contributed by atoms with E-state index in [0.717, 1.165) is 37.1 Å². The van der Waals surface area contributed by atoms with Crippen LogP contribution >= 0.6 is 15.9 Å². The molecule has 3 heteroatoms. The molecule has 0 aliphatic heterocycles. The zero-order valence-electron chi connectivity index (χ0n) is 11.4. The van der Waals surface area contributed by atoms with Gasteiger partial charge in [0.15, 0.2) is 0 Å². The van der Waals surface area contributed by atoms with Crippen molar-refractivity contribution in [3.8, 4) is 0 Å². The van der Waals surface area contributed by atoms with Crippen molar-refractivity contribution in [2.24, 2.45) is 17.3 Å². The number of halogens is 1. The molecule has 2 nitrogen and oxygen atoms in total. The van der Waals surface area contributed by atoms with Crippen LogP contribution in [0.3, 0.4) is 0 Å². The minimum Gasteiger partial charge on any atom is -0.356 e. The largest absolute Gasteiger partial charge is 0.356 e. The van der Waals surface area contributed by atoms with Crippen LogP contribution in [-0.4, -0.2) is 17.8 Å². The fourth-order valence-electron chi connectivity index (χ4n) is 2.64. The summed E-state index contributed by atoms with van der Waals surface area (Å²) in [6.45, 7) is 7.75.